The molecule has 3 rings (SSSR count). The first kappa shape index (κ1) is 15.8. The second-order valence-electron chi connectivity index (χ2n) is 5.89. The molecule has 2 aromatic rings. The fourth-order valence-corrected chi connectivity index (χ4v) is 3.62. The molecule has 0 unspecified atom stereocenters. The number of sulfone groups is 1. The lowest BCUT2D eigenvalue weighted by Crippen LogP contribution is -1.97. The van der Waals surface area contributed by atoms with Crippen LogP contribution in [0.15, 0.2) is 47.4 Å². The van der Waals surface area contributed by atoms with Crippen LogP contribution in [0, 0.1) is 0 Å². The van der Waals surface area contributed by atoms with E-state index in [1.165, 1.54) is 23.0 Å². The molecule has 120 valence electrons. The van der Waals surface area contributed by atoms with Crippen molar-refractivity contribution in [3.05, 3.63) is 59.2 Å². The largest absolute Gasteiger partial charge is 0.497 e. The molecule has 1 aliphatic carbocycles. The summed E-state index contributed by atoms with van der Waals surface area (Å²) in [7, 11) is -1.51. The molecule has 23 heavy (non-hydrogen) atoms. The maximum absolute atomic E-state index is 11.8. The Labute approximate surface area is 137 Å². The molecule has 0 saturated heterocycles. The predicted octanol–water partition coefficient (Wildman–Crippen LogP) is 3.98. The van der Waals surface area contributed by atoms with Crippen molar-refractivity contribution in [2.24, 2.45) is 0 Å². The van der Waals surface area contributed by atoms with Gasteiger partial charge in [0.2, 0.25) is 0 Å². The van der Waals surface area contributed by atoms with Crippen LogP contribution in [0.1, 0.15) is 29.5 Å². The van der Waals surface area contributed by atoms with Crippen molar-refractivity contribution in [2.45, 2.75) is 24.2 Å². The van der Waals surface area contributed by atoms with Gasteiger partial charge in [0.25, 0.3) is 0 Å². The van der Waals surface area contributed by atoms with Gasteiger partial charge in [-0.1, -0.05) is 24.3 Å². The van der Waals surface area contributed by atoms with E-state index in [-0.39, 0.29) is 0 Å². The van der Waals surface area contributed by atoms with Crippen LogP contribution >= 0.6 is 0 Å². The zero-order valence-electron chi connectivity index (χ0n) is 13.4. The van der Waals surface area contributed by atoms with Gasteiger partial charge in [-0.05, 0) is 65.8 Å². The van der Waals surface area contributed by atoms with E-state index in [0.717, 1.165) is 30.6 Å². The highest BCUT2D eigenvalue weighted by molar-refractivity contribution is 7.90. The number of benzene rings is 2. The van der Waals surface area contributed by atoms with Gasteiger partial charge in [0.1, 0.15) is 5.75 Å². The number of methoxy groups -OCH3 is 1. The average Bonchev–Trinajstić information content (AvgIpc) is 2.75. The van der Waals surface area contributed by atoms with E-state index < -0.39 is 9.84 Å². The Hall–Kier alpha value is -2.07. The zero-order valence-corrected chi connectivity index (χ0v) is 14.2. The second-order valence-corrected chi connectivity index (χ2v) is 7.90. The van der Waals surface area contributed by atoms with Crippen LogP contribution in [0.4, 0.5) is 0 Å². The Morgan fingerprint density at radius 3 is 2.61 bits per heavy atom. The number of rotatable bonds is 3. The maximum Gasteiger partial charge on any atom is 0.175 e. The molecule has 0 radical (unpaired) electrons. The normalized spacial score (nSPS) is 14.6. The highest BCUT2D eigenvalue weighted by Crippen LogP contribution is 2.32. The first-order chi connectivity index (χ1) is 11.0. The van der Waals surface area contributed by atoms with E-state index in [2.05, 4.69) is 18.2 Å². The third-order valence-corrected chi connectivity index (χ3v) is 5.32. The van der Waals surface area contributed by atoms with Crippen molar-refractivity contribution in [1.29, 1.82) is 0 Å². The minimum Gasteiger partial charge on any atom is -0.497 e. The Kier molecular flexibility index (Phi) is 4.26. The van der Waals surface area contributed by atoms with Crippen LogP contribution in [-0.4, -0.2) is 21.8 Å². The van der Waals surface area contributed by atoms with Crippen molar-refractivity contribution in [3.63, 3.8) is 0 Å². The van der Waals surface area contributed by atoms with Gasteiger partial charge in [-0.15, -0.1) is 0 Å². The van der Waals surface area contributed by atoms with Crippen molar-refractivity contribution in [2.75, 3.05) is 13.4 Å². The van der Waals surface area contributed by atoms with Crippen LogP contribution in [0.5, 0.6) is 5.75 Å². The Morgan fingerprint density at radius 2 is 1.87 bits per heavy atom. The van der Waals surface area contributed by atoms with Crippen molar-refractivity contribution < 1.29 is 13.2 Å². The van der Waals surface area contributed by atoms with Crippen molar-refractivity contribution >= 4 is 21.5 Å². The first-order valence-electron chi connectivity index (χ1n) is 7.65. The molecule has 0 amide bonds. The topological polar surface area (TPSA) is 43.4 Å². The lowest BCUT2D eigenvalue weighted by atomic mass is 10.0. The van der Waals surface area contributed by atoms with Gasteiger partial charge in [-0.2, -0.15) is 0 Å². The first-order valence-corrected chi connectivity index (χ1v) is 9.54. The van der Waals surface area contributed by atoms with Gasteiger partial charge in [0.05, 0.1) is 12.0 Å². The fraction of sp³-hybridized carbons (Fsp3) is 0.263. The highest BCUT2D eigenvalue weighted by atomic mass is 32.2. The fourth-order valence-electron chi connectivity index (χ4n) is 2.95. The quantitative estimate of drug-likeness (QED) is 0.856. The Bertz CT molecular complexity index is 864. The van der Waals surface area contributed by atoms with Crippen LogP contribution in [0.2, 0.25) is 0 Å². The van der Waals surface area contributed by atoms with Crippen LogP contribution in [0.25, 0.3) is 11.6 Å². The molecule has 0 heterocycles. The summed E-state index contributed by atoms with van der Waals surface area (Å²) in [4.78, 5) is 0.370. The summed E-state index contributed by atoms with van der Waals surface area (Å²) >= 11 is 0. The highest BCUT2D eigenvalue weighted by Gasteiger charge is 2.13. The van der Waals surface area contributed by atoms with E-state index in [0.29, 0.717) is 4.90 Å². The SMILES string of the molecule is COc1ccc2c(c1)CCCC(c1cccc(S(C)(=O)=O)c1)=C2. The number of fused-ring (bicyclic) bond motifs is 1. The zero-order chi connectivity index (χ0) is 16.4. The lowest BCUT2D eigenvalue weighted by molar-refractivity contribution is 0.414. The molecule has 3 nitrogen and oxygen atoms in total. The van der Waals surface area contributed by atoms with Crippen LogP contribution in [-0.2, 0) is 16.3 Å². The van der Waals surface area contributed by atoms with Gasteiger partial charge < -0.3 is 4.74 Å². The molecule has 0 aliphatic heterocycles. The monoisotopic (exact) mass is 328 g/mol. The van der Waals surface area contributed by atoms with E-state index in [1.54, 1.807) is 19.2 Å². The summed E-state index contributed by atoms with van der Waals surface area (Å²) in [5, 5.41) is 0. The molecule has 0 fully saturated rings. The van der Waals surface area contributed by atoms with Crippen molar-refractivity contribution in [3.8, 4) is 5.75 Å². The molecule has 0 bridgehead atoms. The van der Waals surface area contributed by atoms with Gasteiger partial charge in [-0.25, -0.2) is 8.42 Å². The molecular formula is C19H20O3S. The van der Waals surface area contributed by atoms with Gasteiger partial charge in [-0.3, -0.25) is 0 Å². The Morgan fingerprint density at radius 1 is 1.04 bits per heavy atom. The standard InChI is InChI=1S/C19H20O3S/c1-22-18-10-9-17-11-14(5-3-6-15(17)12-18)16-7-4-8-19(13-16)23(2,20)21/h4,7-13H,3,5-6H2,1-2H3. The molecular weight excluding hydrogens is 308 g/mol. The smallest absolute Gasteiger partial charge is 0.175 e. The molecule has 0 N–H and O–H groups in total. The molecule has 0 atom stereocenters. The molecule has 0 saturated carbocycles. The third kappa shape index (κ3) is 3.48. The van der Waals surface area contributed by atoms with Crippen molar-refractivity contribution in [1.82, 2.24) is 0 Å². The summed E-state index contributed by atoms with van der Waals surface area (Å²) < 4.78 is 28.8. The number of hydrogen-bond donors (Lipinski definition) is 0. The summed E-state index contributed by atoms with van der Waals surface area (Å²) in [6.07, 6.45) is 6.38. The summed E-state index contributed by atoms with van der Waals surface area (Å²) in [6.45, 7) is 0. The lowest BCUT2D eigenvalue weighted by Gasteiger charge is -2.08. The number of hydrogen-bond acceptors (Lipinski definition) is 3. The van der Waals surface area contributed by atoms with E-state index in [1.807, 2.05) is 18.2 Å². The second kappa shape index (κ2) is 6.20. The summed E-state index contributed by atoms with van der Waals surface area (Å²) in [5.74, 6) is 0.875. The minimum absolute atomic E-state index is 0.370. The molecule has 1 aliphatic rings. The average molecular weight is 328 g/mol. The van der Waals surface area contributed by atoms with Crippen LogP contribution < -0.4 is 4.74 Å². The van der Waals surface area contributed by atoms with Crippen LogP contribution in [0.3, 0.4) is 0 Å². The molecule has 0 spiro atoms. The predicted molar refractivity (Wildman–Crippen MR) is 93.4 cm³/mol. The molecule has 4 heteroatoms. The maximum atomic E-state index is 11.8. The number of allylic oxidation sites excluding steroid dienone is 1. The van der Waals surface area contributed by atoms with E-state index in [9.17, 15) is 8.42 Å². The van der Waals surface area contributed by atoms with Gasteiger partial charge in [0.15, 0.2) is 9.84 Å². The third-order valence-electron chi connectivity index (χ3n) is 4.21. The number of ether oxygens (including phenoxy) is 1. The molecule has 2 aromatic carbocycles. The van der Waals surface area contributed by atoms with Gasteiger partial charge in [0, 0.05) is 6.26 Å². The summed E-state index contributed by atoms with van der Waals surface area (Å²) in [5.41, 5.74) is 4.62. The Balaban J connectivity index is 2.04. The van der Waals surface area contributed by atoms with Gasteiger partial charge >= 0.3 is 0 Å². The minimum atomic E-state index is -3.19. The summed E-state index contributed by atoms with van der Waals surface area (Å²) in [6, 6.07) is 13.3. The van der Waals surface area contributed by atoms with E-state index in [4.69, 9.17) is 4.74 Å². The van der Waals surface area contributed by atoms with E-state index >= 15 is 0 Å². The molecule has 0 aromatic heterocycles. The number of aryl methyl sites for hydroxylation is 1.